The van der Waals surface area contributed by atoms with Gasteiger partial charge in [0.2, 0.25) is 0 Å². The maximum atomic E-state index is 12.2. The molecule has 1 atom stereocenters. The summed E-state index contributed by atoms with van der Waals surface area (Å²) in [6.45, 7) is 2.82. The van der Waals surface area contributed by atoms with Crippen molar-refractivity contribution in [3.63, 3.8) is 0 Å². The average Bonchev–Trinajstić information content (AvgIpc) is 2.69. The van der Waals surface area contributed by atoms with Crippen molar-refractivity contribution in [3.05, 3.63) is 76.9 Å². The van der Waals surface area contributed by atoms with E-state index in [1.807, 2.05) is 24.4 Å². The van der Waals surface area contributed by atoms with Crippen molar-refractivity contribution in [2.75, 3.05) is 13.1 Å². The van der Waals surface area contributed by atoms with Gasteiger partial charge in [0.1, 0.15) is 5.82 Å². The fourth-order valence-corrected chi connectivity index (χ4v) is 3.51. The molecule has 132 valence electrons. The van der Waals surface area contributed by atoms with Gasteiger partial charge in [-0.25, -0.2) is 4.98 Å². The number of pyridine rings is 2. The van der Waals surface area contributed by atoms with Crippen LogP contribution in [-0.4, -0.2) is 37.9 Å². The highest BCUT2D eigenvalue weighted by Crippen LogP contribution is 2.26. The maximum absolute atomic E-state index is 12.2. The van der Waals surface area contributed by atoms with Gasteiger partial charge in [-0.2, -0.15) is 0 Å². The van der Waals surface area contributed by atoms with Crippen LogP contribution in [0.5, 0.6) is 0 Å². The Balaban J connectivity index is 1.55. The Morgan fingerprint density at radius 2 is 2.04 bits per heavy atom. The Bertz CT molecular complexity index is 910. The first-order valence-electron chi connectivity index (χ1n) is 8.91. The highest BCUT2D eigenvalue weighted by atomic mass is 16.1. The molecular weight excluding hydrogens is 326 g/mol. The molecule has 3 aromatic heterocycles. The third-order valence-corrected chi connectivity index (χ3v) is 4.76. The fourth-order valence-electron chi connectivity index (χ4n) is 3.51. The zero-order valence-electron chi connectivity index (χ0n) is 14.5. The van der Waals surface area contributed by atoms with Crippen molar-refractivity contribution >= 4 is 0 Å². The molecule has 1 saturated heterocycles. The standard InChI is InChI=1S/C20H21N5O/c26-19-11-18(16-5-8-21-9-6-16)23-20(24-19)17-4-2-10-25(14-17)13-15-3-1-7-22-12-15/h1,3,5-9,11-12,17H,2,4,10,13-14H2,(H,23,24,26)/t17-/m0/s1. The van der Waals surface area contributed by atoms with E-state index in [2.05, 4.69) is 25.9 Å². The van der Waals surface area contributed by atoms with Crippen molar-refractivity contribution in [2.24, 2.45) is 0 Å². The lowest BCUT2D eigenvalue weighted by Crippen LogP contribution is -2.35. The van der Waals surface area contributed by atoms with Crippen LogP contribution < -0.4 is 5.56 Å². The normalized spacial score (nSPS) is 17.9. The summed E-state index contributed by atoms with van der Waals surface area (Å²) in [5.74, 6) is 1.01. The second kappa shape index (κ2) is 7.58. The molecule has 26 heavy (non-hydrogen) atoms. The average molecular weight is 347 g/mol. The van der Waals surface area contributed by atoms with Gasteiger partial charge in [-0.3, -0.25) is 19.7 Å². The van der Waals surface area contributed by atoms with Crippen LogP contribution in [0.25, 0.3) is 11.3 Å². The third-order valence-electron chi connectivity index (χ3n) is 4.76. The third kappa shape index (κ3) is 3.86. The fraction of sp³-hybridized carbons (Fsp3) is 0.300. The van der Waals surface area contributed by atoms with E-state index in [0.29, 0.717) is 5.69 Å². The number of H-pyrrole nitrogens is 1. The first-order valence-corrected chi connectivity index (χ1v) is 8.91. The van der Waals surface area contributed by atoms with Crippen LogP contribution in [0.4, 0.5) is 0 Å². The number of aromatic amines is 1. The molecule has 0 saturated carbocycles. The van der Waals surface area contributed by atoms with Crippen LogP contribution in [0.2, 0.25) is 0 Å². The minimum Gasteiger partial charge on any atom is -0.310 e. The predicted molar refractivity (Wildman–Crippen MR) is 99.6 cm³/mol. The van der Waals surface area contributed by atoms with Gasteiger partial charge in [-0.15, -0.1) is 0 Å². The summed E-state index contributed by atoms with van der Waals surface area (Å²) >= 11 is 0. The summed E-state index contributed by atoms with van der Waals surface area (Å²) in [6.07, 6.45) is 9.26. The van der Waals surface area contributed by atoms with Crippen LogP contribution in [0.1, 0.15) is 30.1 Å². The molecule has 4 heterocycles. The lowest BCUT2D eigenvalue weighted by Gasteiger charge is -2.32. The monoisotopic (exact) mass is 347 g/mol. The van der Waals surface area contributed by atoms with Gasteiger partial charge in [-0.05, 0) is 43.1 Å². The van der Waals surface area contributed by atoms with E-state index in [1.54, 1.807) is 24.7 Å². The van der Waals surface area contributed by atoms with E-state index < -0.39 is 0 Å². The largest absolute Gasteiger partial charge is 0.310 e. The minimum atomic E-state index is -0.105. The number of likely N-dealkylation sites (tertiary alicyclic amines) is 1. The van der Waals surface area contributed by atoms with Gasteiger partial charge in [-0.1, -0.05) is 6.07 Å². The second-order valence-electron chi connectivity index (χ2n) is 6.69. The molecule has 1 aliphatic rings. The van der Waals surface area contributed by atoms with Gasteiger partial charge in [0.05, 0.1) is 5.69 Å². The van der Waals surface area contributed by atoms with Crippen LogP contribution >= 0.6 is 0 Å². The minimum absolute atomic E-state index is 0.105. The summed E-state index contributed by atoms with van der Waals surface area (Å²) in [7, 11) is 0. The van der Waals surface area contributed by atoms with Gasteiger partial charge in [0, 0.05) is 55.4 Å². The summed E-state index contributed by atoms with van der Waals surface area (Å²) < 4.78 is 0. The molecule has 0 bridgehead atoms. The van der Waals surface area contributed by atoms with Gasteiger partial charge in [0.15, 0.2) is 0 Å². The molecule has 1 fully saturated rings. The molecule has 1 N–H and O–H groups in total. The molecule has 0 amide bonds. The Hall–Kier alpha value is -2.86. The van der Waals surface area contributed by atoms with Crippen molar-refractivity contribution in [1.29, 1.82) is 0 Å². The number of rotatable bonds is 4. The smallest absolute Gasteiger partial charge is 0.251 e. The summed E-state index contributed by atoms with van der Waals surface area (Å²) in [6, 6.07) is 9.37. The van der Waals surface area contributed by atoms with Crippen LogP contribution in [0, 0.1) is 0 Å². The van der Waals surface area contributed by atoms with Gasteiger partial charge < -0.3 is 4.98 Å². The second-order valence-corrected chi connectivity index (χ2v) is 6.69. The first kappa shape index (κ1) is 16.6. The Morgan fingerprint density at radius 3 is 2.85 bits per heavy atom. The van der Waals surface area contributed by atoms with E-state index >= 15 is 0 Å². The van der Waals surface area contributed by atoms with Gasteiger partial charge >= 0.3 is 0 Å². The quantitative estimate of drug-likeness (QED) is 0.785. The summed E-state index contributed by atoms with van der Waals surface area (Å²) in [4.78, 5) is 30.5. The highest BCUT2D eigenvalue weighted by molar-refractivity contribution is 5.57. The lowest BCUT2D eigenvalue weighted by molar-refractivity contribution is 0.196. The molecule has 0 spiro atoms. The number of nitrogens with zero attached hydrogens (tertiary/aromatic N) is 4. The van der Waals surface area contributed by atoms with E-state index in [1.165, 1.54) is 5.56 Å². The number of piperidine rings is 1. The lowest BCUT2D eigenvalue weighted by atomic mass is 9.96. The zero-order chi connectivity index (χ0) is 17.8. The topological polar surface area (TPSA) is 74.8 Å². The molecule has 4 rings (SSSR count). The van der Waals surface area contributed by atoms with Crippen molar-refractivity contribution < 1.29 is 0 Å². The first-order chi connectivity index (χ1) is 12.8. The van der Waals surface area contributed by atoms with Gasteiger partial charge in [0.25, 0.3) is 5.56 Å². The molecule has 6 heteroatoms. The van der Waals surface area contributed by atoms with Crippen LogP contribution in [0.3, 0.4) is 0 Å². The molecule has 0 radical (unpaired) electrons. The molecule has 0 aromatic carbocycles. The SMILES string of the molecule is O=c1cc(-c2ccncc2)nc([C@H]2CCCN(Cc3cccnc3)C2)[nH]1. The van der Waals surface area contributed by atoms with Crippen LogP contribution in [-0.2, 0) is 6.54 Å². The van der Waals surface area contributed by atoms with Crippen molar-refractivity contribution in [3.8, 4) is 11.3 Å². The Kier molecular flexibility index (Phi) is 4.84. The number of hydrogen-bond donors (Lipinski definition) is 1. The Labute approximate surface area is 152 Å². The predicted octanol–water partition coefficient (Wildman–Crippen LogP) is 2.61. The van der Waals surface area contributed by atoms with E-state index in [9.17, 15) is 4.79 Å². The van der Waals surface area contributed by atoms with E-state index in [4.69, 9.17) is 4.98 Å². The zero-order valence-corrected chi connectivity index (χ0v) is 14.5. The van der Waals surface area contributed by atoms with Crippen molar-refractivity contribution in [2.45, 2.75) is 25.3 Å². The molecule has 6 nitrogen and oxygen atoms in total. The Morgan fingerprint density at radius 1 is 1.15 bits per heavy atom. The summed E-state index contributed by atoms with van der Waals surface area (Å²) in [5.41, 5.74) is 2.72. The highest BCUT2D eigenvalue weighted by Gasteiger charge is 2.23. The molecule has 1 aliphatic heterocycles. The van der Waals surface area contributed by atoms with E-state index in [-0.39, 0.29) is 11.5 Å². The number of aromatic nitrogens is 4. The van der Waals surface area contributed by atoms with Crippen LogP contribution in [0.15, 0.2) is 59.9 Å². The molecule has 0 aliphatic carbocycles. The van der Waals surface area contributed by atoms with E-state index in [0.717, 1.165) is 43.9 Å². The van der Waals surface area contributed by atoms with Crippen molar-refractivity contribution in [1.82, 2.24) is 24.8 Å². The molecule has 3 aromatic rings. The summed E-state index contributed by atoms with van der Waals surface area (Å²) in [5, 5.41) is 0. The molecule has 0 unspecified atom stereocenters. The maximum Gasteiger partial charge on any atom is 0.251 e. The number of nitrogens with one attached hydrogen (secondary N) is 1. The molecular formula is C20H21N5O. The number of hydrogen-bond acceptors (Lipinski definition) is 5.